The highest BCUT2D eigenvalue weighted by Crippen LogP contribution is 2.32. The van der Waals surface area contributed by atoms with Crippen LogP contribution in [0.1, 0.15) is 55.1 Å². The van der Waals surface area contributed by atoms with Crippen LogP contribution in [0.25, 0.3) is 0 Å². The minimum atomic E-state index is -1.22. The van der Waals surface area contributed by atoms with Crippen molar-refractivity contribution in [3.63, 3.8) is 0 Å². The number of carbonyl (C=O) groups is 2. The van der Waals surface area contributed by atoms with Crippen LogP contribution in [0.15, 0.2) is 18.2 Å². The van der Waals surface area contributed by atoms with Crippen molar-refractivity contribution in [2.45, 2.75) is 32.6 Å². The lowest BCUT2D eigenvalue weighted by Crippen LogP contribution is -2.39. The topological polar surface area (TPSA) is 70.5 Å². The van der Waals surface area contributed by atoms with Crippen LogP contribution in [-0.4, -0.2) is 40.0 Å². The molecule has 0 bridgehead atoms. The number of carboxylic acids is 1. The molecule has 1 amide bonds. The summed E-state index contributed by atoms with van der Waals surface area (Å²) in [6, 6.07) is 3.40. The van der Waals surface area contributed by atoms with Gasteiger partial charge >= 0.3 is 5.97 Å². The maximum atomic E-state index is 14.2. The first-order valence-electron chi connectivity index (χ1n) is 8.13. The van der Waals surface area contributed by atoms with Crippen molar-refractivity contribution < 1.29 is 19.1 Å². The van der Waals surface area contributed by atoms with Crippen LogP contribution < -0.4 is 0 Å². The van der Waals surface area contributed by atoms with Gasteiger partial charge in [0.25, 0.3) is 5.91 Å². The average molecular weight is 362 g/mol. The first kappa shape index (κ1) is 17.5. The average Bonchev–Trinajstić information content (AvgIpc) is 2.93. The molecular formula is C18H19FN2O3S. The summed E-state index contributed by atoms with van der Waals surface area (Å²) >= 11 is 1.65. The first-order valence-corrected chi connectivity index (χ1v) is 8.94. The van der Waals surface area contributed by atoms with E-state index in [4.69, 9.17) is 5.11 Å². The number of aromatic carboxylic acids is 1. The summed E-state index contributed by atoms with van der Waals surface area (Å²) in [7, 11) is 0. The van der Waals surface area contributed by atoms with E-state index in [1.807, 2.05) is 13.8 Å². The van der Waals surface area contributed by atoms with E-state index in [0.29, 0.717) is 13.1 Å². The van der Waals surface area contributed by atoms with Gasteiger partial charge in [0.1, 0.15) is 5.82 Å². The number of thiazole rings is 1. The van der Waals surface area contributed by atoms with Crippen LogP contribution >= 0.6 is 11.3 Å². The highest BCUT2D eigenvalue weighted by atomic mass is 32.1. The van der Waals surface area contributed by atoms with Crippen LogP contribution in [0, 0.1) is 19.7 Å². The molecule has 1 aromatic heterocycles. The van der Waals surface area contributed by atoms with Crippen LogP contribution in [0.5, 0.6) is 0 Å². The Labute approximate surface area is 149 Å². The van der Waals surface area contributed by atoms with Crippen molar-refractivity contribution >= 4 is 23.2 Å². The quantitative estimate of drug-likeness (QED) is 0.905. The third-order valence-electron chi connectivity index (χ3n) is 4.55. The molecule has 25 heavy (non-hydrogen) atoms. The van der Waals surface area contributed by atoms with Crippen LogP contribution in [0.3, 0.4) is 0 Å². The van der Waals surface area contributed by atoms with E-state index in [9.17, 15) is 14.0 Å². The fourth-order valence-corrected chi connectivity index (χ4v) is 4.08. The molecule has 2 aromatic rings. The predicted molar refractivity (Wildman–Crippen MR) is 92.8 cm³/mol. The molecule has 1 saturated heterocycles. The molecule has 132 valence electrons. The molecule has 1 fully saturated rings. The lowest BCUT2D eigenvalue weighted by molar-refractivity contribution is 0.0684. The Balaban J connectivity index is 1.79. The molecular weight excluding hydrogens is 343 g/mol. The molecule has 0 spiro atoms. The monoisotopic (exact) mass is 362 g/mol. The van der Waals surface area contributed by atoms with Gasteiger partial charge in [0, 0.05) is 23.9 Å². The molecule has 1 aromatic carbocycles. The van der Waals surface area contributed by atoms with Gasteiger partial charge in [-0.2, -0.15) is 0 Å². The number of likely N-dealkylation sites (tertiary alicyclic amines) is 1. The summed E-state index contributed by atoms with van der Waals surface area (Å²) < 4.78 is 14.2. The van der Waals surface area contributed by atoms with E-state index in [-0.39, 0.29) is 17.0 Å². The molecule has 7 heteroatoms. The normalized spacial score (nSPS) is 17.6. The molecule has 3 rings (SSSR count). The summed E-state index contributed by atoms with van der Waals surface area (Å²) in [4.78, 5) is 31.0. The Hall–Kier alpha value is -2.28. The van der Waals surface area contributed by atoms with E-state index in [1.165, 1.54) is 17.0 Å². The summed E-state index contributed by atoms with van der Waals surface area (Å²) in [6.07, 6.45) is 1.79. The van der Waals surface area contributed by atoms with Crippen molar-refractivity contribution in [1.29, 1.82) is 0 Å². The van der Waals surface area contributed by atoms with Crippen molar-refractivity contribution in [3.8, 4) is 0 Å². The summed E-state index contributed by atoms with van der Waals surface area (Å²) in [5, 5.41) is 9.93. The number of benzene rings is 1. The Morgan fingerprint density at radius 2 is 2.12 bits per heavy atom. The van der Waals surface area contributed by atoms with Crippen LogP contribution in [0.4, 0.5) is 4.39 Å². The molecule has 5 nitrogen and oxygen atoms in total. The Morgan fingerprint density at radius 1 is 1.36 bits per heavy atom. The van der Waals surface area contributed by atoms with E-state index >= 15 is 0 Å². The largest absolute Gasteiger partial charge is 0.478 e. The lowest BCUT2D eigenvalue weighted by atomic mass is 9.97. The maximum absolute atomic E-state index is 14.2. The zero-order valence-corrected chi connectivity index (χ0v) is 14.9. The molecule has 0 saturated carbocycles. The molecule has 1 aliphatic rings. The van der Waals surface area contributed by atoms with Gasteiger partial charge in [-0.3, -0.25) is 4.79 Å². The van der Waals surface area contributed by atoms with Gasteiger partial charge in [-0.15, -0.1) is 11.3 Å². The number of halogens is 1. The van der Waals surface area contributed by atoms with Gasteiger partial charge in [-0.25, -0.2) is 14.2 Å². The number of nitrogens with zero attached hydrogens (tertiary/aromatic N) is 2. The fraction of sp³-hybridized carbons (Fsp3) is 0.389. The standard InChI is InChI=1S/C18H19FN2O3S/c1-10-11(2)25-16(20-10)13-4-3-7-21(9-13)17(22)14-6-5-12(18(23)24)8-15(14)19/h5-6,8,13H,3-4,7,9H2,1-2H3,(H,23,24). The number of hydrogen-bond acceptors (Lipinski definition) is 4. The second kappa shape index (κ2) is 6.92. The Bertz CT molecular complexity index is 814. The minimum Gasteiger partial charge on any atom is -0.478 e. The highest BCUT2D eigenvalue weighted by molar-refractivity contribution is 7.11. The first-order chi connectivity index (χ1) is 11.9. The fourth-order valence-electron chi connectivity index (χ4n) is 3.03. The lowest BCUT2D eigenvalue weighted by Gasteiger charge is -2.32. The van der Waals surface area contributed by atoms with Gasteiger partial charge < -0.3 is 10.0 Å². The molecule has 0 aliphatic carbocycles. The molecule has 0 radical (unpaired) electrons. The van der Waals surface area contributed by atoms with Gasteiger partial charge in [-0.05, 0) is 44.9 Å². The number of piperidine rings is 1. The zero-order valence-electron chi connectivity index (χ0n) is 14.1. The Kier molecular flexibility index (Phi) is 4.85. The van der Waals surface area contributed by atoms with Gasteiger partial charge in [0.15, 0.2) is 0 Å². The maximum Gasteiger partial charge on any atom is 0.335 e. The van der Waals surface area contributed by atoms with Crippen molar-refractivity contribution in [2.24, 2.45) is 0 Å². The number of amides is 1. The van der Waals surface area contributed by atoms with E-state index < -0.39 is 17.7 Å². The van der Waals surface area contributed by atoms with Crippen LogP contribution in [-0.2, 0) is 0 Å². The number of hydrogen-bond donors (Lipinski definition) is 1. The molecule has 1 unspecified atom stereocenters. The second-order valence-electron chi connectivity index (χ2n) is 6.28. The predicted octanol–water partition coefficient (Wildman–Crippen LogP) is 3.62. The number of carboxylic acid groups (broad SMARTS) is 1. The molecule has 1 atom stereocenters. The van der Waals surface area contributed by atoms with Crippen molar-refractivity contribution in [2.75, 3.05) is 13.1 Å². The van der Waals surface area contributed by atoms with Crippen molar-refractivity contribution in [1.82, 2.24) is 9.88 Å². The molecule has 1 aliphatic heterocycles. The molecule has 2 heterocycles. The number of carbonyl (C=O) groups excluding carboxylic acids is 1. The molecule has 1 N–H and O–H groups in total. The van der Waals surface area contributed by atoms with Gasteiger partial charge in [0.05, 0.1) is 21.8 Å². The van der Waals surface area contributed by atoms with Crippen LogP contribution in [0.2, 0.25) is 0 Å². The third kappa shape index (κ3) is 3.56. The van der Waals surface area contributed by atoms with Gasteiger partial charge in [0.2, 0.25) is 0 Å². The number of aryl methyl sites for hydroxylation is 2. The SMILES string of the molecule is Cc1nc(C2CCCN(C(=O)c3ccc(C(=O)O)cc3F)C2)sc1C. The zero-order chi connectivity index (χ0) is 18.1. The second-order valence-corrected chi connectivity index (χ2v) is 7.52. The van der Waals surface area contributed by atoms with E-state index in [0.717, 1.165) is 29.6 Å². The van der Waals surface area contributed by atoms with E-state index in [2.05, 4.69) is 4.98 Å². The summed E-state index contributed by atoms with van der Waals surface area (Å²) in [5.74, 6) is -2.25. The van der Waals surface area contributed by atoms with Gasteiger partial charge in [-0.1, -0.05) is 0 Å². The van der Waals surface area contributed by atoms with E-state index in [1.54, 1.807) is 16.2 Å². The number of rotatable bonds is 3. The Morgan fingerprint density at radius 3 is 2.72 bits per heavy atom. The minimum absolute atomic E-state index is 0.0860. The van der Waals surface area contributed by atoms with Crippen molar-refractivity contribution in [3.05, 3.63) is 50.7 Å². The smallest absolute Gasteiger partial charge is 0.335 e. The highest BCUT2D eigenvalue weighted by Gasteiger charge is 2.29. The summed E-state index contributed by atoms with van der Waals surface area (Å²) in [6.45, 7) is 5.08. The summed E-state index contributed by atoms with van der Waals surface area (Å²) in [5.41, 5.74) is 0.759. The number of aromatic nitrogens is 1. The third-order valence-corrected chi connectivity index (χ3v) is 5.78.